The molecule has 1 unspecified atom stereocenters. The van der Waals surface area contributed by atoms with Crippen molar-refractivity contribution in [3.8, 4) is 5.75 Å². The maximum Gasteiger partial charge on any atom is 0.514 e. The molecule has 0 spiro atoms. The van der Waals surface area contributed by atoms with Crippen molar-refractivity contribution in [2.45, 2.75) is 51.9 Å². The molecule has 1 aliphatic rings. The van der Waals surface area contributed by atoms with Crippen molar-refractivity contribution in [2.24, 2.45) is 5.73 Å². The van der Waals surface area contributed by atoms with Crippen molar-refractivity contribution in [1.29, 1.82) is 0 Å². The predicted octanol–water partition coefficient (Wildman–Crippen LogP) is 1.41. The highest BCUT2D eigenvalue weighted by molar-refractivity contribution is 6.61. The summed E-state index contributed by atoms with van der Waals surface area (Å²) in [4.78, 5) is 4.54. The molecule has 5 nitrogen and oxygen atoms in total. The third kappa shape index (κ3) is 2.68. The van der Waals surface area contributed by atoms with Gasteiger partial charge in [-0.2, -0.15) is 0 Å². The largest absolute Gasteiger partial charge is 0.514 e. The first-order valence-corrected chi connectivity index (χ1v) is 6.83. The average molecular weight is 278 g/mol. The van der Waals surface area contributed by atoms with Crippen LogP contribution >= 0.6 is 0 Å². The van der Waals surface area contributed by atoms with Crippen LogP contribution in [0.25, 0.3) is 0 Å². The SMILES string of the molecule is COc1cc(B2OC(C)(C)C(C)(C)O2)nc(C(C)N)c1. The van der Waals surface area contributed by atoms with Crippen LogP contribution in [0.4, 0.5) is 0 Å². The highest BCUT2D eigenvalue weighted by Crippen LogP contribution is 2.36. The molecule has 1 aliphatic heterocycles. The van der Waals surface area contributed by atoms with Gasteiger partial charge in [0.05, 0.1) is 29.6 Å². The molecule has 110 valence electrons. The summed E-state index contributed by atoms with van der Waals surface area (Å²) >= 11 is 0. The van der Waals surface area contributed by atoms with Gasteiger partial charge >= 0.3 is 7.12 Å². The van der Waals surface area contributed by atoms with E-state index in [4.69, 9.17) is 19.8 Å². The lowest BCUT2D eigenvalue weighted by Gasteiger charge is -2.32. The standard InChI is InChI=1S/C14H23BN2O3/c1-9(16)11-7-10(18-6)8-12(17-11)15-19-13(2,3)14(4,5)20-15/h7-9H,16H2,1-6H3. The minimum absolute atomic E-state index is 0.175. The second-order valence-electron chi connectivity index (χ2n) is 6.23. The molecule has 2 rings (SSSR count). The van der Waals surface area contributed by atoms with Gasteiger partial charge in [0.15, 0.2) is 0 Å². The summed E-state index contributed by atoms with van der Waals surface area (Å²) in [7, 11) is 1.11. The van der Waals surface area contributed by atoms with E-state index in [0.29, 0.717) is 11.3 Å². The molecule has 1 aromatic heterocycles. The summed E-state index contributed by atoms with van der Waals surface area (Å²) < 4.78 is 17.3. The summed E-state index contributed by atoms with van der Waals surface area (Å²) in [5.74, 6) is 0.706. The third-order valence-electron chi connectivity index (χ3n) is 4.04. The number of methoxy groups -OCH3 is 1. The van der Waals surface area contributed by atoms with Crippen LogP contribution in [0.3, 0.4) is 0 Å². The predicted molar refractivity (Wildman–Crippen MR) is 79.1 cm³/mol. The number of aromatic nitrogens is 1. The van der Waals surface area contributed by atoms with E-state index in [2.05, 4.69) is 4.98 Å². The molecule has 0 bridgehead atoms. The highest BCUT2D eigenvalue weighted by atomic mass is 16.7. The number of pyridine rings is 1. The Bertz CT molecular complexity index is 487. The number of hydrogen-bond donors (Lipinski definition) is 1. The quantitative estimate of drug-likeness (QED) is 0.847. The fourth-order valence-electron chi connectivity index (χ4n) is 1.98. The molecule has 2 heterocycles. The van der Waals surface area contributed by atoms with Gasteiger partial charge < -0.3 is 19.8 Å². The normalized spacial score (nSPS) is 21.9. The van der Waals surface area contributed by atoms with Crippen LogP contribution in [0, 0.1) is 0 Å². The number of ether oxygens (including phenoxy) is 1. The molecule has 0 amide bonds. The van der Waals surface area contributed by atoms with E-state index in [1.54, 1.807) is 7.11 Å². The minimum Gasteiger partial charge on any atom is -0.497 e. The Hall–Kier alpha value is -1.11. The van der Waals surface area contributed by atoms with Gasteiger partial charge in [-0.3, -0.25) is 4.98 Å². The van der Waals surface area contributed by atoms with Crippen LogP contribution < -0.4 is 16.1 Å². The van der Waals surface area contributed by atoms with Gasteiger partial charge in [0.1, 0.15) is 5.75 Å². The van der Waals surface area contributed by atoms with Gasteiger partial charge in [0, 0.05) is 12.1 Å². The summed E-state index contributed by atoms with van der Waals surface area (Å²) in [6, 6.07) is 3.49. The Morgan fingerprint density at radius 1 is 1.20 bits per heavy atom. The van der Waals surface area contributed by atoms with Crippen LogP contribution in [0.2, 0.25) is 0 Å². The van der Waals surface area contributed by atoms with Crippen molar-refractivity contribution < 1.29 is 14.0 Å². The first-order valence-electron chi connectivity index (χ1n) is 6.83. The molecule has 0 aromatic carbocycles. The van der Waals surface area contributed by atoms with E-state index in [-0.39, 0.29) is 6.04 Å². The zero-order valence-corrected chi connectivity index (χ0v) is 13.1. The Morgan fingerprint density at radius 3 is 2.20 bits per heavy atom. The zero-order chi connectivity index (χ0) is 15.1. The van der Waals surface area contributed by atoms with Crippen LogP contribution in [-0.2, 0) is 9.31 Å². The third-order valence-corrected chi connectivity index (χ3v) is 4.04. The molecule has 1 fully saturated rings. The molecule has 0 saturated carbocycles. The van der Waals surface area contributed by atoms with Crippen molar-refractivity contribution in [3.63, 3.8) is 0 Å². The summed E-state index contributed by atoms with van der Waals surface area (Å²) in [6.07, 6.45) is 0. The Balaban J connectivity index is 2.37. The molecule has 1 atom stereocenters. The first-order chi connectivity index (χ1) is 9.16. The maximum atomic E-state index is 6.00. The summed E-state index contributed by atoms with van der Waals surface area (Å²) in [6.45, 7) is 9.94. The van der Waals surface area contributed by atoms with Crippen LogP contribution in [0.5, 0.6) is 5.75 Å². The van der Waals surface area contributed by atoms with Gasteiger partial charge in [0.2, 0.25) is 0 Å². The van der Waals surface area contributed by atoms with Crippen LogP contribution in [-0.4, -0.2) is 30.4 Å². The minimum atomic E-state index is -0.507. The topological polar surface area (TPSA) is 66.6 Å². The molecule has 20 heavy (non-hydrogen) atoms. The Kier molecular flexibility index (Phi) is 3.84. The number of rotatable bonds is 3. The average Bonchev–Trinajstić information content (AvgIpc) is 2.58. The molecule has 0 aliphatic carbocycles. The van der Waals surface area contributed by atoms with E-state index in [1.807, 2.05) is 46.8 Å². The highest BCUT2D eigenvalue weighted by Gasteiger charge is 2.52. The van der Waals surface area contributed by atoms with Gasteiger partial charge in [-0.25, -0.2) is 0 Å². The van der Waals surface area contributed by atoms with Crippen LogP contribution in [0.15, 0.2) is 12.1 Å². The zero-order valence-electron chi connectivity index (χ0n) is 13.1. The maximum absolute atomic E-state index is 6.00. The lowest BCUT2D eigenvalue weighted by molar-refractivity contribution is 0.00578. The second kappa shape index (κ2) is 5.02. The monoisotopic (exact) mass is 278 g/mol. The van der Waals surface area contributed by atoms with Crippen molar-refractivity contribution in [3.05, 3.63) is 17.8 Å². The Labute approximate surface area is 121 Å². The van der Waals surface area contributed by atoms with E-state index >= 15 is 0 Å². The van der Waals surface area contributed by atoms with E-state index < -0.39 is 18.3 Å². The van der Waals surface area contributed by atoms with Crippen LogP contribution in [0.1, 0.15) is 46.4 Å². The fourth-order valence-corrected chi connectivity index (χ4v) is 1.98. The van der Waals surface area contributed by atoms with Crippen molar-refractivity contribution in [2.75, 3.05) is 7.11 Å². The molecule has 2 N–H and O–H groups in total. The summed E-state index contributed by atoms with van der Waals surface area (Å²) in [5.41, 5.74) is 6.58. The number of nitrogens with zero attached hydrogens (tertiary/aromatic N) is 1. The molecule has 1 aromatic rings. The van der Waals surface area contributed by atoms with E-state index in [9.17, 15) is 0 Å². The number of hydrogen-bond acceptors (Lipinski definition) is 5. The Morgan fingerprint density at radius 2 is 1.75 bits per heavy atom. The van der Waals surface area contributed by atoms with Gasteiger partial charge in [0.25, 0.3) is 0 Å². The fraction of sp³-hybridized carbons (Fsp3) is 0.643. The number of nitrogens with two attached hydrogens (primary N) is 1. The lowest BCUT2D eigenvalue weighted by atomic mass is 9.83. The summed E-state index contributed by atoms with van der Waals surface area (Å²) in [5, 5.41) is 0. The van der Waals surface area contributed by atoms with Gasteiger partial charge in [-0.1, -0.05) is 0 Å². The molecular weight excluding hydrogens is 255 g/mol. The van der Waals surface area contributed by atoms with Gasteiger partial charge in [-0.05, 0) is 40.7 Å². The smallest absolute Gasteiger partial charge is 0.497 e. The van der Waals surface area contributed by atoms with Crippen molar-refractivity contribution >= 4 is 12.7 Å². The molecule has 0 radical (unpaired) electrons. The molecule has 6 heteroatoms. The first kappa shape index (κ1) is 15.3. The van der Waals surface area contributed by atoms with Crippen molar-refractivity contribution in [1.82, 2.24) is 4.98 Å². The van der Waals surface area contributed by atoms with E-state index in [1.165, 1.54) is 0 Å². The lowest BCUT2D eigenvalue weighted by Crippen LogP contribution is -2.41. The second-order valence-corrected chi connectivity index (χ2v) is 6.23. The molecular formula is C14H23BN2O3. The van der Waals surface area contributed by atoms with Gasteiger partial charge in [-0.15, -0.1) is 0 Å². The van der Waals surface area contributed by atoms with E-state index in [0.717, 1.165) is 5.69 Å². The molecule has 1 saturated heterocycles.